The summed E-state index contributed by atoms with van der Waals surface area (Å²) >= 11 is 0. The summed E-state index contributed by atoms with van der Waals surface area (Å²) in [6.45, 7) is -0.0361. The molecule has 5 heteroatoms. The summed E-state index contributed by atoms with van der Waals surface area (Å²) in [7, 11) is 2.58. The van der Waals surface area contributed by atoms with Crippen LogP contribution in [0.15, 0.2) is 0 Å². The lowest BCUT2D eigenvalue weighted by Gasteiger charge is -2.06. The fourth-order valence-electron chi connectivity index (χ4n) is 0.481. The summed E-state index contributed by atoms with van der Waals surface area (Å²) < 4.78 is 4.31. The highest BCUT2D eigenvalue weighted by molar-refractivity contribution is 5.69. The molecule has 0 aromatic carbocycles. The second-order valence-corrected chi connectivity index (χ2v) is 1.89. The third-order valence-corrected chi connectivity index (χ3v) is 1.01. The zero-order valence-electron chi connectivity index (χ0n) is 6.57. The van der Waals surface area contributed by atoms with Crippen LogP contribution in [0.25, 0.3) is 0 Å². The van der Waals surface area contributed by atoms with Gasteiger partial charge >= 0.3 is 5.97 Å². The molecule has 0 fully saturated rings. The molecule has 0 aromatic rings. The van der Waals surface area contributed by atoms with Crippen molar-refractivity contribution in [2.45, 2.75) is 12.5 Å². The number of hydrogen-bond donors (Lipinski definition) is 1. The minimum Gasteiger partial charge on any atom is -0.469 e. The second-order valence-electron chi connectivity index (χ2n) is 1.89. The van der Waals surface area contributed by atoms with E-state index in [0.29, 0.717) is 0 Å². The molecule has 0 aromatic heterocycles. The predicted octanol–water partition coefficient (Wildman–Crippen LogP) is -0.512. The first-order valence-electron chi connectivity index (χ1n) is 3.11. The molecule has 1 unspecified atom stereocenters. The van der Waals surface area contributed by atoms with Crippen LogP contribution in [0.4, 0.5) is 0 Å². The van der Waals surface area contributed by atoms with Gasteiger partial charge in [-0.05, 0) is 0 Å². The molecule has 0 saturated heterocycles. The van der Waals surface area contributed by atoms with E-state index in [9.17, 15) is 4.79 Å². The molecule has 0 saturated carbocycles. The third kappa shape index (κ3) is 5.78. The Labute approximate surface area is 64.8 Å². The van der Waals surface area contributed by atoms with Crippen molar-refractivity contribution in [1.29, 1.82) is 0 Å². The summed E-state index contributed by atoms with van der Waals surface area (Å²) in [5, 5.41) is 8.98. The zero-order valence-corrected chi connectivity index (χ0v) is 6.57. The van der Waals surface area contributed by atoms with Gasteiger partial charge in [-0.2, -0.15) is 0 Å². The van der Waals surface area contributed by atoms with Gasteiger partial charge in [0.25, 0.3) is 0 Å². The molecule has 0 aliphatic rings. The van der Waals surface area contributed by atoms with E-state index >= 15 is 0 Å². The largest absolute Gasteiger partial charge is 0.469 e. The maximum absolute atomic E-state index is 10.5. The average Bonchev–Trinajstić information content (AvgIpc) is 2.00. The number of esters is 1. The van der Waals surface area contributed by atoms with Gasteiger partial charge in [-0.25, -0.2) is 9.78 Å². The van der Waals surface area contributed by atoms with Crippen molar-refractivity contribution in [3.05, 3.63) is 0 Å². The van der Waals surface area contributed by atoms with Crippen LogP contribution in [0, 0.1) is 0 Å². The smallest absolute Gasteiger partial charge is 0.308 e. The van der Waals surface area contributed by atoms with Crippen LogP contribution in [0.1, 0.15) is 6.42 Å². The van der Waals surface area contributed by atoms with Gasteiger partial charge in [0.05, 0.1) is 26.7 Å². The molecule has 0 spiro atoms. The van der Waals surface area contributed by atoms with Crippen molar-refractivity contribution in [3.8, 4) is 0 Å². The van der Waals surface area contributed by atoms with Gasteiger partial charge in [0.15, 0.2) is 0 Å². The highest BCUT2D eigenvalue weighted by atomic mass is 17.2. The molecule has 0 amide bonds. The van der Waals surface area contributed by atoms with Crippen molar-refractivity contribution >= 4 is 5.97 Å². The number of rotatable bonds is 5. The Balaban J connectivity index is 3.35. The van der Waals surface area contributed by atoms with Crippen LogP contribution < -0.4 is 0 Å². The van der Waals surface area contributed by atoms with Crippen LogP contribution in [0.3, 0.4) is 0 Å². The number of aliphatic hydroxyl groups is 1. The van der Waals surface area contributed by atoms with Gasteiger partial charge in [-0.1, -0.05) is 0 Å². The monoisotopic (exact) mass is 164 g/mol. The quantitative estimate of drug-likeness (QED) is 0.337. The van der Waals surface area contributed by atoms with E-state index in [1.165, 1.54) is 14.2 Å². The van der Waals surface area contributed by atoms with Gasteiger partial charge in [-0.3, -0.25) is 4.79 Å². The van der Waals surface area contributed by atoms with Crippen LogP contribution in [-0.4, -0.2) is 38.0 Å². The minimum atomic E-state index is -0.873. The van der Waals surface area contributed by atoms with E-state index in [4.69, 9.17) is 5.11 Å². The molecule has 1 atom stereocenters. The van der Waals surface area contributed by atoms with Crippen molar-refractivity contribution in [2.24, 2.45) is 0 Å². The Morgan fingerprint density at radius 2 is 2.18 bits per heavy atom. The molecule has 0 aliphatic carbocycles. The molecule has 66 valence electrons. The van der Waals surface area contributed by atoms with Crippen molar-refractivity contribution in [1.82, 2.24) is 0 Å². The molecule has 11 heavy (non-hydrogen) atoms. The lowest BCUT2D eigenvalue weighted by Crippen LogP contribution is -2.20. The van der Waals surface area contributed by atoms with Gasteiger partial charge < -0.3 is 9.84 Å². The lowest BCUT2D eigenvalue weighted by molar-refractivity contribution is -0.284. The Bertz CT molecular complexity index is 114. The predicted molar refractivity (Wildman–Crippen MR) is 35.6 cm³/mol. The van der Waals surface area contributed by atoms with Gasteiger partial charge in [0.1, 0.15) is 6.61 Å². The van der Waals surface area contributed by atoms with Crippen LogP contribution in [-0.2, 0) is 19.3 Å². The van der Waals surface area contributed by atoms with Crippen LogP contribution in [0.2, 0.25) is 0 Å². The zero-order chi connectivity index (χ0) is 8.69. The summed E-state index contributed by atoms with van der Waals surface area (Å²) in [6.07, 6.45) is -0.956. The maximum Gasteiger partial charge on any atom is 0.308 e. The average molecular weight is 164 g/mol. The Morgan fingerprint density at radius 1 is 1.55 bits per heavy atom. The summed E-state index contributed by atoms with van der Waals surface area (Å²) in [5.41, 5.74) is 0. The van der Waals surface area contributed by atoms with E-state index in [0.717, 1.165) is 0 Å². The van der Waals surface area contributed by atoms with E-state index in [2.05, 4.69) is 14.5 Å². The van der Waals surface area contributed by atoms with E-state index in [1.54, 1.807) is 0 Å². The third-order valence-electron chi connectivity index (χ3n) is 1.01. The number of ether oxygens (including phenoxy) is 1. The van der Waals surface area contributed by atoms with Crippen molar-refractivity contribution < 1.29 is 24.4 Å². The topological polar surface area (TPSA) is 65.0 Å². The van der Waals surface area contributed by atoms with E-state index < -0.39 is 12.1 Å². The molecule has 0 heterocycles. The Hall–Kier alpha value is -0.650. The maximum atomic E-state index is 10.5. The first kappa shape index (κ1) is 10.3. The van der Waals surface area contributed by atoms with Crippen LogP contribution >= 0.6 is 0 Å². The van der Waals surface area contributed by atoms with E-state index in [-0.39, 0.29) is 13.0 Å². The summed E-state index contributed by atoms with van der Waals surface area (Å²) in [5.74, 6) is -0.475. The Morgan fingerprint density at radius 3 is 2.64 bits per heavy atom. The second kappa shape index (κ2) is 6.09. The molecular formula is C6H12O5. The number of hydrogen-bond acceptors (Lipinski definition) is 5. The highest BCUT2D eigenvalue weighted by Gasteiger charge is 2.10. The minimum absolute atomic E-state index is 0.0361. The SMILES string of the molecule is COOCC(O)CC(=O)OC. The normalized spacial score (nSPS) is 12.6. The van der Waals surface area contributed by atoms with Crippen molar-refractivity contribution in [3.63, 3.8) is 0 Å². The highest BCUT2D eigenvalue weighted by Crippen LogP contribution is 1.94. The molecule has 0 aliphatic heterocycles. The number of carbonyl (C=O) groups excluding carboxylic acids is 1. The molecule has 1 N–H and O–H groups in total. The first-order valence-corrected chi connectivity index (χ1v) is 3.11. The van der Waals surface area contributed by atoms with Gasteiger partial charge in [0, 0.05) is 0 Å². The summed E-state index contributed by atoms with van der Waals surface area (Å²) in [6, 6.07) is 0. The first-order chi connectivity index (χ1) is 5.20. The van der Waals surface area contributed by atoms with Crippen molar-refractivity contribution in [2.75, 3.05) is 20.8 Å². The van der Waals surface area contributed by atoms with Crippen LogP contribution in [0.5, 0.6) is 0 Å². The van der Waals surface area contributed by atoms with Gasteiger partial charge in [0.2, 0.25) is 0 Å². The number of methoxy groups -OCH3 is 1. The van der Waals surface area contributed by atoms with Gasteiger partial charge in [-0.15, -0.1) is 0 Å². The fraction of sp³-hybridized carbons (Fsp3) is 0.833. The molecular weight excluding hydrogens is 152 g/mol. The fourth-order valence-corrected chi connectivity index (χ4v) is 0.481. The lowest BCUT2D eigenvalue weighted by atomic mass is 10.3. The standard InChI is InChI=1S/C6H12O5/c1-9-6(8)3-5(7)4-11-10-2/h5,7H,3-4H2,1-2H3. The number of aliphatic hydroxyl groups excluding tert-OH is 1. The molecule has 0 radical (unpaired) electrons. The molecule has 5 nitrogen and oxygen atoms in total. The molecule has 0 rings (SSSR count). The molecule has 0 bridgehead atoms. The number of carbonyl (C=O) groups is 1. The summed E-state index contributed by atoms with van der Waals surface area (Å²) in [4.78, 5) is 19.1. The van der Waals surface area contributed by atoms with E-state index in [1.807, 2.05) is 0 Å². The Kier molecular flexibility index (Phi) is 5.73.